The number of carbonyl (C=O) groups is 1. The van der Waals surface area contributed by atoms with Crippen molar-refractivity contribution in [2.45, 2.75) is 33.2 Å². The summed E-state index contributed by atoms with van der Waals surface area (Å²) in [5.74, 6) is -0.956. The van der Waals surface area contributed by atoms with Crippen LogP contribution in [-0.4, -0.2) is 16.1 Å². The Morgan fingerprint density at radius 1 is 1.09 bits per heavy atom. The highest BCUT2D eigenvalue weighted by atomic mass is 19.3. The standard InChI is InChI=1S/C26H22F2N2O4/c1-13-11-17(15(3)29-19-8-5-4-7-16(19)26(32)33)24-18(12-13)22(31)14(2)23(34-24)20-9-6-10-21(30-20)25(27)28/h4-12,15,25,29H,1-3H3,(H,32,33)/t15-/m1/s1. The van der Waals surface area contributed by atoms with Crippen LogP contribution in [0.2, 0.25) is 0 Å². The van der Waals surface area contributed by atoms with E-state index >= 15 is 0 Å². The van der Waals surface area contributed by atoms with Crippen LogP contribution in [0.4, 0.5) is 14.5 Å². The average molecular weight is 464 g/mol. The molecular weight excluding hydrogens is 442 g/mol. The Morgan fingerprint density at radius 3 is 2.53 bits per heavy atom. The largest absolute Gasteiger partial charge is 0.478 e. The lowest BCUT2D eigenvalue weighted by Gasteiger charge is -2.20. The normalized spacial score (nSPS) is 12.2. The van der Waals surface area contributed by atoms with E-state index in [2.05, 4.69) is 10.3 Å². The zero-order valence-corrected chi connectivity index (χ0v) is 18.7. The number of anilines is 1. The number of hydrogen-bond acceptors (Lipinski definition) is 5. The molecule has 0 unspecified atom stereocenters. The first-order chi connectivity index (χ1) is 16.2. The molecule has 2 aromatic carbocycles. The van der Waals surface area contributed by atoms with E-state index in [-0.39, 0.29) is 33.6 Å². The molecule has 2 aromatic heterocycles. The zero-order valence-electron chi connectivity index (χ0n) is 18.7. The molecule has 0 aliphatic carbocycles. The van der Waals surface area contributed by atoms with Gasteiger partial charge in [0.05, 0.1) is 17.0 Å². The van der Waals surface area contributed by atoms with Gasteiger partial charge in [0, 0.05) is 16.8 Å². The summed E-state index contributed by atoms with van der Waals surface area (Å²) >= 11 is 0. The number of alkyl halides is 2. The van der Waals surface area contributed by atoms with E-state index in [0.717, 1.165) is 5.56 Å². The number of fused-ring (bicyclic) bond motifs is 1. The number of nitrogens with zero attached hydrogens (tertiary/aromatic N) is 1. The number of carboxylic acid groups (broad SMARTS) is 1. The minimum Gasteiger partial charge on any atom is -0.478 e. The summed E-state index contributed by atoms with van der Waals surface area (Å²) in [5.41, 5.74) is 1.95. The van der Waals surface area contributed by atoms with Gasteiger partial charge in [0.15, 0.2) is 11.2 Å². The first-order valence-electron chi connectivity index (χ1n) is 10.6. The van der Waals surface area contributed by atoms with E-state index in [1.807, 2.05) is 19.9 Å². The maximum absolute atomic E-state index is 13.2. The van der Waals surface area contributed by atoms with Gasteiger partial charge >= 0.3 is 5.97 Å². The van der Waals surface area contributed by atoms with Crippen LogP contribution in [0.25, 0.3) is 22.4 Å². The molecule has 0 aliphatic heterocycles. The second kappa shape index (κ2) is 9.05. The van der Waals surface area contributed by atoms with Gasteiger partial charge in [-0.3, -0.25) is 4.79 Å². The molecule has 0 radical (unpaired) electrons. The van der Waals surface area contributed by atoms with Crippen molar-refractivity contribution in [3.63, 3.8) is 0 Å². The Balaban J connectivity index is 1.89. The molecule has 0 bridgehead atoms. The Labute approximate surface area is 193 Å². The highest BCUT2D eigenvalue weighted by Crippen LogP contribution is 2.32. The number of para-hydroxylation sites is 1. The van der Waals surface area contributed by atoms with E-state index in [9.17, 15) is 23.5 Å². The predicted octanol–water partition coefficient (Wildman–Crippen LogP) is 6.28. The van der Waals surface area contributed by atoms with Crippen molar-refractivity contribution in [1.29, 1.82) is 0 Å². The molecule has 4 rings (SSSR count). The van der Waals surface area contributed by atoms with Gasteiger partial charge in [0.25, 0.3) is 6.43 Å². The molecule has 174 valence electrons. The van der Waals surface area contributed by atoms with E-state index in [4.69, 9.17) is 4.42 Å². The van der Waals surface area contributed by atoms with Crippen molar-refractivity contribution in [1.82, 2.24) is 4.98 Å². The molecule has 0 amide bonds. The minimum atomic E-state index is -2.76. The van der Waals surface area contributed by atoms with Gasteiger partial charge < -0.3 is 14.8 Å². The molecule has 8 heteroatoms. The number of carboxylic acids is 1. The summed E-state index contributed by atoms with van der Waals surface area (Å²) in [6.07, 6.45) is -2.76. The molecule has 0 fully saturated rings. The lowest BCUT2D eigenvalue weighted by Crippen LogP contribution is -2.14. The molecule has 0 saturated heterocycles. The first kappa shape index (κ1) is 23.1. The molecule has 0 saturated carbocycles. The lowest BCUT2D eigenvalue weighted by atomic mass is 9.99. The van der Waals surface area contributed by atoms with Crippen molar-refractivity contribution < 1.29 is 23.1 Å². The molecule has 34 heavy (non-hydrogen) atoms. The smallest absolute Gasteiger partial charge is 0.337 e. The third kappa shape index (κ3) is 4.26. The van der Waals surface area contributed by atoms with Crippen molar-refractivity contribution in [3.8, 4) is 11.5 Å². The van der Waals surface area contributed by atoms with Crippen LogP contribution in [0, 0.1) is 13.8 Å². The van der Waals surface area contributed by atoms with Crippen LogP contribution in [0.5, 0.6) is 0 Å². The third-order valence-corrected chi connectivity index (χ3v) is 5.61. The van der Waals surface area contributed by atoms with Crippen LogP contribution in [0.3, 0.4) is 0 Å². The number of benzene rings is 2. The maximum atomic E-state index is 13.2. The van der Waals surface area contributed by atoms with Gasteiger partial charge in [-0.2, -0.15) is 0 Å². The molecule has 2 N–H and O–H groups in total. The Kier molecular flexibility index (Phi) is 6.15. The number of aromatic carboxylic acids is 1. The van der Waals surface area contributed by atoms with E-state index < -0.39 is 24.1 Å². The molecule has 1 atom stereocenters. The number of hydrogen-bond donors (Lipinski definition) is 2. The highest BCUT2D eigenvalue weighted by molar-refractivity contribution is 5.94. The molecule has 4 aromatic rings. The Bertz CT molecular complexity index is 1460. The predicted molar refractivity (Wildman–Crippen MR) is 126 cm³/mol. The van der Waals surface area contributed by atoms with Crippen LogP contribution in [0.15, 0.2) is 63.8 Å². The molecule has 6 nitrogen and oxygen atoms in total. The molecule has 0 aliphatic rings. The number of rotatable bonds is 6. The summed E-state index contributed by atoms with van der Waals surface area (Å²) in [7, 11) is 0. The fraction of sp³-hybridized carbons (Fsp3) is 0.192. The number of nitrogens with one attached hydrogen (secondary N) is 1. The van der Waals surface area contributed by atoms with E-state index in [0.29, 0.717) is 16.6 Å². The monoisotopic (exact) mass is 464 g/mol. The van der Waals surface area contributed by atoms with Gasteiger partial charge in [-0.1, -0.05) is 24.3 Å². The molecular formula is C26H22F2N2O4. The van der Waals surface area contributed by atoms with Gasteiger partial charge in [-0.15, -0.1) is 0 Å². The third-order valence-electron chi connectivity index (χ3n) is 5.61. The van der Waals surface area contributed by atoms with Gasteiger partial charge in [0.1, 0.15) is 17.0 Å². The summed E-state index contributed by atoms with van der Waals surface area (Å²) in [6, 6.07) is 13.8. The van der Waals surface area contributed by atoms with Crippen LogP contribution >= 0.6 is 0 Å². The Hall–Kier alpha value is -4.07. The second-order valence-electron chi connectivity index (χ2n) is 8.08. The fourth-order valence-corrected chi connectivity index (χ4v) is 3.94. The highest BCUT2D eigenvalue weighted by Gasteiger charge is 2.21. The lowest BCUT2D eigenvalue weighted by molar-refractivity contribution is 0.0698. The summed E-state index contributed by atoms with van der Waals surface area (Å²) in [4.78, 5) is 28.8. The number of pyridine rings is 1. The van der Waals surface area contributed by atoms with Crippen molar-refractivity contribution >= 4 is 22.6 Å². The van der Waals surface area contributed by atoms with Gasteiger partial charge in [-0.05, 0) is 56.7 Å². The van der Waals surface area contributed by atoms with Crippen molar-refractivity contribution in [3.05, 3.63) is 92.8 Å². The molecule has 2 heterocycles. The fourth-order valence-electron chi connectivity index (χ4n) is 3.94. The number of aryl methyl sites for hydroxylation is 1. The Morgan fingerprint density at radius 2 is 1.82 bits per heavy atom. The summed E-state index contributed by atoms with van der Waals surface area (Å²) < 4.78 is 32.6. The van der Waals surface area contributed by atoms with Gasteiger partial charge in [0.2, 0.25) is 0 Å². The van der Waals surface area contributed by atoms with Crippen LogP contribution in [-0.2, 0) is 0 Å². The number of halogens is 2. The van der Waals surface area contributed by atoms with Crippen LogP contribution in [0.1, 0.15) is 52.1 Å². The van der Waals surface area contributed by atoms with Crippen LogP contribution < -0.4 is 10.7 Å². The SMILES string of the molecule is Cc1cc([C@@H](C)Nc2ccccc2C(=O)O)c2oc(-c3cccc(C(F)F)n3)c(C)c(=O)c2c1. The number of aromatic nitrogens is 1. The van der Waals surface area contributed by atoms with E-state index in [1.54, 1.807) is 31.2 Å². The second-order valence-corrected chi connectivity index (χ2v) is 8.08. The zero-order chi connectivity index (χ0) is 24.6. The van der Waals surface area contributed by atoms with Gasteiger partial charge in [-0.25, -0.2) is 18.6 Å². The minimum absolute atomic E-state index is 0.109. The van der Waals surface area contributed by atoms with E-state index in [1.165, 1.54) is 24.3 Å². The van der Waals surface area contributed by atoms with Crippen molar-refractivity contribution in [2.24, 2.45) is 0 Å². The first-order valence-corrected chi connectivity index (χ1v) is 10.6. The molecule has 0 spiro atoms. The topological polar surface area (TPSA) is 92.4 Å². The summed E-state index contributed by atoms with van der Waals surface area (Å²) in [6.45, 7) is 5.24. The van der Waals surface area contributed by atoms with Crippen molar-refractivity contribution in [2.75, 3.05) is 5.32 Å². The quantitative estimate of drug-likeness (QED) is 0.349. The maximum Gasteiger partial charge on any atom is 0.337 e. The summed E-state index contributed by atoms with van der Waals surface area (Å²) in [5, 5.41) is 13.0. The average Bonchev–Trinajstić information content (AvgIpc) is 2.81.